The molecule has 1 N–H and O–H groups in total. The van der Waals surface area contributed by atoms with Crippen molar-refractivity contribution in [1.29, 1.82) is 0 Å². The van der Waals surface area contributed by atoms with Crippen molar-refractivity contribution < 1.29 is 5.11 Å². The highest BCUT2D eigenvalue weighted by molar-refractivity contribution is 7.13. The minimum Gasteiger partial charge on any atom is -0.395 e. The number of nitrogens with zero attached hydrogens (tertiary/aromatic N) is 4. The molecule has 0 amide bonds. The van der Waals surface area contributed by atoms with Crippen LogP contribution in [0.3, 0.4) is 0 Å². The van der Waals surface area contributed by atoms with Crippen molar-refractivity contribution in [1.82, 2.24) is 14.6 Å². The zero-order chi connectivity index (χ0) is 15.0. The summed E-state index contributed by atoms with van der Waals surface area (Å²) in [5, 5.41) is 15.9. The molecule has 0 spiro atoms. The van der Waals surface area contributed by atoms with E-state index in [1.54, 1.807) is 11.3 Å². The number of hydrogen-bond donors (Lipinski definition) is 1. The van der Waals surface area contributed by atoms with Crippen molar-refractivity contribution in [2.75, 3.05) is 25.1 Å². The number of thiophene rings is 1. The molecule has 3 aromatic heterocycles. The summed E-state index contributed by atoms with van der Waals surface area (Å²) < 4.78 is 1.87. The Morgan fingerprint density at radius 1 is 1.38 bits per heavy atom. The molecule has 3 heterocycles. The SMILES string of the molecule is Cc1nc2cc(-c3cccs3)nn2c(N(C)CCO)c1C. The van der Waals surface area contributed by atoms with Gasteiger partial charge in [0.25, 0.3) is 0 Å². The van der Waals surface area contributed by atoms with Crippen molar-refractivity contribution in [3.8, 4) is 10.6 Å². The van der Waals surface area contributed by atoms with Crippen LogP contribution in [0.4, 0.5) is 5.82 Å². The summed E-state index contributed by atoms with van der Waals surface area (Å²) >= 11 is 1.67. The van der Waals surface area contributed by atoms with Gasteiger partial charge in [-0.15, -0.1) is 11.3 Å². The first-order valence-corrected chi connectivity index (χ1v) is 7.72. The fraction of sp³-hybridized carbons (Fsp3) is 0.333. The van der Waals surface area contributed by atoms with E-state index >= 15 is 0 Å². The smallest absolute Gasteiger partial charge is 0.158 e. The lowest BCUT2D eigenvalue weighted by Crippen LogP contribution is -2.25. The molecule has 0 aliphatic rings. The van der Waals surface area contributed by atoms with Crippen LogP contribution in [0, 0.1) is 13.8 Å². The minimum atomic E-state index is 0.109. The van der Waals surface area contributed by atoms with Crippen LogP contribution in [0.1, 0.15) is 11.3 Å². The van der Waals surface area contributed by atoms with Gasteiger partial charge in [-0.1, -0.05) is 6.07 Å². The Labute approximate surface area is 127 Å². The van der Waals surface area contributed by atoms with Crippen LogP contribution in [-0.4, -0.2) is 39.9 Å². The Bertz CT molecular complexity index is 764. The van der Waals surface area contributed by atoms with Gasteiger partial charge < -0.3 is 10.0 Å². The van der Waals surface area contributed by atoms with Gasteiger partial charge in [-0.25, -0.2) is 4.98 Å². The molecule has 0 aromatic carbocycles. The second kappa shape index (κ2) is 5.46. The van der Waals surface area contributed by atoms with Crippen LogP contribution in [0.2, 0.25) is 0 Å². The number of rotatable bonds is 4. The highest BCUT2D eigenvalue weighted by Gasteiger charge is 2.16. The van der Waals surface area contributed by atoms with Gasteiger partial charge in [0.15, 0.2) is 5.65 Å². The van der Waals surface area contributed by atoms with Crippen LogP contribution < -0.4 is 4.90 Å². The van der Waals surface area contributed by atoms with Gasteiger partial charge in [0, 0.05) is 30.9 Å². The quantitative estimate of drug-likeness (QED) is 0.804. The lowest BCUT2D eigenvalue weighted by molar-refractivity contribution is 0.303. The predicted octanol–water partition coefficient (Wildman–Crippen LogP) is 2.50. The molecule has 0 atom stereocenters. The maximum Gasteiger partial charge on any atom is 0.158 e. The molecule has 6 heteroatoms. The van der Waals surface area contributed by atoms with Crippen molar-refractivity contribution in [2.24, 2.45) is 0 Å². The van der Waals surface area contributed by atoms with Crippen molar-refractivity contribution >= 4 is 22.8 Å². The van der Waals surface area contributed by atoms with Gasteiger partial charge in [-0.2, -0.15) is 9.61 Å². The fourth-order valence-electron chi connectivity index (χ4n) is 2.43. The Hall–Kier alpha value is -1.92. The maximum atomic E-state index is 9.20. The van der Waals surface area contributed by atoms with Crippen LogP contribution in [0.25, 0.3) is 16.2 Å². The molecule has 5 nitrogen and oxygen atoms in total. The lowest BCUT2D eigenvalue weighted by Gasteiger charge is -2.21. The number of fused-ring (bicyclic) bond motifs is 1. The van der Waals surface area contributed by atoms with E-state index < -0.39 is 0 Å². The molecule has 0 radical (unpaired) electrons. The molecular formula is C15H18N4OS. The van der Waals surface area contributed by atoms with Crippen molar-refractivity contribution in [3.05, 3.63) is 34.8 Å². The average molecular weight is 302 g/mol. The summed E-state index contributed by atoms with van der Waals surface area (Å²) in [6, 6.07) is 6.09. The Balaban J connectivity index is 2.22. The van der Waals surface area contributed by atoms with Crippen LogP contribution in [0.5, 0.6) is 0 Å². The summed E-state index contributed by atoms with van der Waals surface area (Å²) in [7, 11) is 1.96. The van der Waals surface area contributed by atoms with Gasteiger partial charge in [-0.3, -0.25) is 0 Å². The van der Waals surface area contributed by atoms with E-state index in [1.807, 2.05) is 47.8 Å². The number of hydrogen-bond acceptors (Lipinski definition) is 5. The highest BCUT2D eigenvalue weighted by atomic mass is 32.1. The first-order chi connectivity index (χ1) is 10.1. The number of anilines is 1. The molecule has 0 saturated carbocycles. The topological polar surface area (TPSA) is 53.7 Å². The van der Waals surface area contributed by atoms with E-state index in [1.165, 1.54) is 0 Å². The summed E-state index contributed by atoms with van der Waals surface area (Å²) in [6.07, 6.45) is 0. The third kappa shape index (κ3) is 2.41. The molecule has 0 aliphatic heterocycles. The number of aliphatic hydroxyl groups excluding tert-OH is 1. The van der Waals surface area contributed by atoms with Gasteiger partial charge in [0.1, 0.15) is 11.5 Å². The maximum absolute atomic E-state index is 9.20. The summed E-state index contributed by atoms with van der Waals surface area (Å²) in [5.74, 6) is 0.981. The first-order valence-electron chi connectivity index (χ1n) is 6.84. The molecule has 3 aromatic rings. The Morgan fingerprint density at radius 3 is 2.86 bits per heavy atom. The van der Waals surface area contributed by atoms with Gasteiger partial charge >= 0.3 is 0 Å². The fourth-order valence-corrected chi connectivity index (χ4v) is 3.11. The van der Waals surface area contributed by atoms with Gasteiger partial charge in [-0.05, 0) is 25.3 Å². The van der Waals surface area contributed by atoms with E-state index in [2.05, 4.69) is 11.1 Å². The molecular weight excluding hydrogens is 284 g/mol. The van der Waals surface area contributed by atoms with Crippen LogP contribution >= 0.6 is 11.3 Å². The van der Waals surface area contributed by atoms with E-state index in [0.29, 0.717) is 6.54 Å². The molecule has 21 heavy (non-hydrogen) atoms. The standard InChI is InChI=1S/C15H18N4OS/c1-10-11(2)16-14-9-12(13-5-4-8-21-13)17-19(14)15(10)18(3)6-7-20/h4-5,8-9,20H,6-7H2,1-3H3. The zero-order valence-corrected chi connectivity index (χ0v) is 13.2. The second-order valence-electron chi connectivity index (χ2n) is 5.07. The normalized spacial score (nSPS) is 11.2. The zero-order valence-electron chi connectivity index (χ0n) is 12.4. The molecule has 0 fully saturated rings. The Morgan fingerprint density at radius 2 is 2.19 bits per heavy atom. The Kier molecular flexibility index (Phi) is 3.65. The van der Waals surface area contributed by atoms with Crippen LogP contribution in [0.15, 0.2) is 23.6 Å². The first kappa shape index (κ1) is 14.0. The summed E-state index contributed by atoms with van der Waals surface area (Å²) in [4.78, 5) is 7.77. The van der Waals surface area contributed by atoms with E-state index in [0.717, 1.165) is 33.3 Å². The molecule has 0 bridgehead atoms. The molecule has 110 valence electrons. The van der Waals surface area contributed by atoms with Crippen molar-refractivity contribution in [2.45, 2.75) is 13.8 Å². The summed E-state index contributed by atoms with van der Waals surface area (Å²) in [5.41, 5.74) is 3.83. The number of aromatic nitrogens is 3. The average Bonchev–Trinajstić information content (AvgIpc) is 3.08. The lowest BCUT2D eigenvalue weighted by atomic mass is 10.2. The second-order valence-corrected chi connectivity index (χ2v) is 6.02. The van der Waals surface area contributed by atoms with E-state index in [-0.39, 0.29) is 6.61 Å². The molecule has 0 unspecified atom stereocenters. The van der Waals surface area contributed by atoms with E-state index in [4.69, 9.17) is 5.10 Å². The highest BCUT2D eigenvalue weighted by Crippen LogP contribution is 2.28. The third-order valence-corrected chi connectivity index (χ3v) is 4.51. The monoisotopic (exact) mass is 302 g/mol. The molecule has 3 rings (SSSR count). The molecule has 0 saturated heterocycles. The van der Waals surface area contributed by atoms with Gasteiger partial charge in [0.05, 0.1) is 11.5 Å². The van der Waals surface area contributed by atoms with Crippen LogP contribution in [-0.2, 0) is 0 Å². The number of aryl methyl sites for hydroxylation is 1. The minimum absolute atomic E-state index is 0.109. The summed E-state index contributed by atoms with van der Waals surface area (Å²) in [6.45, 7) is 4.71. The largest absolute Gasteiger partial charge is 0.395 e. The third-order valence-electron chi connectivity index (χ3n) is 3.62. The predicted molar refractivity (Wildman–Crippen MR) is 86.1 cm³/mol. The van der Waals surface area contributed by atoms with E-state index in [9.17, 15) is 5.11 Å². The molecule has 0 aliphatic carbocycles. The van der Waals surface area contributed by atoms with Crippen molar-refractivity contribution in [3.63, 3.8) is 0 Å². The number of aliphatic hydroxyl groups is 1. The number of likely N-dealkylation sites (N-methyl/N-ethyl adjacent to an activating group) is 1. The van der Waals surface area contributed by atoms with Gasteiger partial charge in [0.2, 0.25) is 0 Å².